The first-order valence-electron chi connectivity index (χ1n) is 6.67. The van der Waals surface area contributed by atoms with Gasteiger partial charge < -0.3 is 19.9 Å². The van der Waals surface area contributed by atoms with Crippen molar-refractivity contribution < 1.29 is 19.4 Å². The Balaban J connectivity index is 2.71. The van der Waals surface area contributed by atoms with E-state index in [4.69, 9.17) is 14.6 Å². The van der Waals surface area contributed by atoms with Crippen molar-refractivity contribution in [1.82, 2.24) is 5.32 Å². The van der Waals surface area contributed by atoms with Crippen LogP contribution in [0, 0.1) is 0 Å². The van der Waals surface area contributed by atoms with E-state index >= 15 is 0 Å². The summed E-state index contributed by atoms with van der Waals surface area (Å²) in [5.41, 5.74) is 1.02. The number of carboxylic acids is 1. The fourth-order valence-electron chi connectivity index (χ4n) is 2.12. The second kappa shape index (κ2) is 7.75. The molecule has 1 rings (SSSR count). The molecule has 0 amide bonds. The number of methoxy groups -OCH3 is 2. The first-order chi connectivity index (χ1) is 9.47. The number of benzene rings is 1. The van der Waals surface area contributed by atoms with Crippen LogP contribution in [0.1, 0.15) is 38.3 Å². The number of hydrogen-bond donors (Lipinski definition) is 2. The van der Waals surface area contributed by atoms with Crippen molar-refractivity contribution >= 4 is 5.97 Å². The highest BCUT2D eigenvalue weighted by Crippen LogP contribution is 2.29. The maximum atomic E-state index is 10.6. The molecule has 0 spiro atoms. The van der Waals surface area contributed by atoms with Gasteiger partial charge in [-0.25, -0.2) is 0 Å². The Labute approximate surface area is 119 Å². The Bertz CT molecular complexity index is 447. The molecule has 1 aromatic carbocycles. The fraction of sp³-hybridized carbons (Fsp3) is 0.533. The summed E-state index contributed by atoms with van der Waals surface area (Å²) in [6, 6.07) is 5.87. The predicted octanol–water partition coefficient (Wildman–Crippen LogP) is 2.61. The summed E-state index contributed by atoms with van der Waals surface area (Å²) in [6.07, 6.45) is 0.763. The van der Waals surface area contributed by atoms with Gasteiger partial charge in [-0.05, 0) is 26.3 Å². The van der Waals surface area contributed by atoms with Gasteiger partial charge in [0.15, 0.2) is 0 Å². The van der Waals surface area contributed by atoms with Crippen molar-refractivity contribution in [2.24, 2.45) is 0 Å². The largest absolute Gasteiger partial charge is 0.497 e. The molecule has 5 heteroatoms. The Morgan fingerprint density at radius 1 is 1.30 bits per heavy atom. The molecule has 2 N–H and O–H groups in total. The summed E-state index contributed by atoms with van der Waals surface area (Å²) in [5.74, 6) is 0.736. The number of rotatable bonds is 8. The lowest BCUT2D eigenvalue weighted by Gasteiger charge is -2.22. The summed E-state index contributed by atoms with van der Waals surface area (Å²) in [4.78, 5) is 10.6. The standard InChI is InChI=1S/C15H23NO4/c1-10(5-8-15(17)18)16-11(2)13-7-6-12(19-3)9-14(13)20-4/h6-7,9-11,16H,5,8H2,1-4H3,(H,17,18). The van der Waals surface area contributed by atoms with E-state index in [1.807, 2.05) is 32.0 Å². The lowest BCUT2D eigenvalue weighted by molar-refractivity contribution is -0.137. The second-order valence-electron chi connectivity index (χ2n) is 4.83. The van der Waals surface area contributed by atoms with Crippen molar-refractivity contribution in [3.63, 3.8) is 0 Å². The van der Waals surface area contributed by atoms with Gasteiger partial charge in [0.2, 0.25) is 0 Å². The Morgan fingerprint density at radius 2 is 2.00 bits per heavy atom. The molecule has 1 aromatic rings. The van der Waals surface area contributed by atoms with Gasteiger partial charge >= 0.3 is 5.97 Å². The zero-order valence-electron chi connectivity index (χ0n) is 12.5. The third-order valence-electron chi connectivity index (χ3n) is 3.23. The van der Waals surface area contributed by atoms with Crippen LogP contribution >= 0.6 is 0 Å². The summed E-state index contributed by atoms with van der Waals surface area (Å²) in [6.45, 7) is 4.01. The van der Waals surface area contributed by atoms with Gasteiger partial charge in [0, 0.05) is 30.1 Å². The number of ether oxygens (including phenoxy) is 2. The molecular weight excluding hydrogens is 258 g/mol. The molecule has 0 bridgehead atoms. The molecule has 2 atom stereocenters. The first kappa shape index (κ1) is 16.3. The van der Waals surface area contributed by atoms with Crippen molar-refractivity contribution in [2.45, 2.75) is 38.8 Å². The Hall–Kier alpha value is -1.75. The maximum absolute atomic E-state index is 10.6. The SMILES string of the molecule is COc1ccc(C(C)NC(C)CCC(=O)O)c(OC)c1. The van der Waals surface area contributed by atoms with Crippen LogP contribution < -0.4 is 14.8 Å². The molecule has 112 valence electrons. The molecular formula is C15H23NO4. The van der Waals surface area contributed by atoms with Crippen LogP contribution in [0.2, 0.25) is 0 Å². The third kappa shape index (κ3) is 4.74. The van der Waals surface area contributed by atoms with Crippen molar-refractivity contribution in [3.8, 4) is 11.5 Å². The molecule has 5 nitrogen and oxygen atoms in total. The monoisotopic (exact) mass is 281 g/mol. The maximum Gasteiger partial charge on any atom is 0.303 e. The summed E-state index contributed by atoms with van der Waals surface area (Å²) in [7, 11) is 3.24. The zero-order chi connectivity index (χ0) is 15.1. The van der Waals surface area contributed by atoms with Gasteiger partial charge in [-0.15, -0.1) is 0 Å². The van der Waals surface area contributed by atoms with Gasteiger partial charge in [-0.1, -0.05) is 6.07 Å². The molecule has 2 unspecified atom stereocenters. The molecule has 0 saturated heterocycles. The number of carbonyl (C=O) groups is 1. The lowest BCUT2D eigenvalue weighted by Crippen LogP contribution is -2.29. The molecule has 0 fully saturated rings. The highest BCUT2D eigenvalue weighted by Gasteiger charge is 2.15. The number of hydrogen-bond acceptors (Lipinski definition) is 4. The number of carboxylic acid groups (broad SMARTS) is 1. The van der Waals surface area contributed by atoms with Gasteiger partial charge in [0.05, 0.1) is 14.2 Å². The number of nitrogens with one attached hydrogen (secondary N) is 1. The average Bonchev–Trinajstić information content (AvgIpc) is 2.44. The van der Waals surface area contributed by atoms with Crippen LogP contribution in [0.15, 0.2) is 18.2 Å². The van der Waals surface area contributed by atoms with Crippen LogP contribution in [-0.4, -0.2) is 31.3 Å². The summed E-state index contributed by atoms with van der Waals surface area (Å²) < 4.78 is 10.5. The fourth-order valence-corrected chi connectivity index (χ4v) is 2.12. The third-order valence-corrected chi connectivity index (χ3v) is 3.23. The van der Waals surface area contributed by atoms with Crippen LogP contribution in [-0.2, 0) is 4.79 Å². The van der Waals surface area contributed by atoms with E-state index in [2.05, 4.69) is 5.32 Å². The van der Waals surface area contributed by atoms with Crippen molar-refractivity contribution in [1.29, 1.82) is 0 Å². The topological polar surface area (TPSA) is 67.8 Å². The molecule has 0 aliphatic carbocycles. The number of aliphatic carboxylic acids is 1. The van der Waals surface area contributed by atoms with Gasteiger partial charge in [0.25, 0.3) is 0 Å². The van der Waals surface area contributed by atoms with Gasteiger partial charge in [-0.2, -0.15) is 0 Å². The minimum Gasteiger partial charge on any atom is -0.497 e. The van der Waals surface area contributed by atoms with E-state index < -0.39 is 5.97 Å². The summed E-state index contributed by atoms with van der Waals surface area (Å²) in [5, 5.41) is 12.1. The second-order valence-corrected chi connectivity index (χ2v) is 4.83. The van der Waals surface area contributed by atoms with E-state index in [1.54, 1.807) is 14.2 Å². The van der Waals surface area contributed by atoms with Gasteiger partial charge in [0.1, 0.15) is 11.5 Å². The first-order valence-corrected chi connectivity index (χ1v) is 6.67. The summed E-state index contributed by atoms with van der Waals surface area (Å²) >= 11 is 0. The molecule has 0 heterocycles. The molecule has 0 aliphatic rings. The van der Waals surface area contributed by atoms with Crippen LogP contribution in [0.3, 0.4) is 0 Å². The normalized spacial score (nSPS) is 13.6. The van der Waals surface area contributed by atoms with Gasteiger partial charge in [-0.3, -0.25) is 4.79 Å². The van der Waals surface area contributed by atoms with Crippen LogP contribution in [0.4, 0.5) is 0 Å². The Kier molecular flexibility index (Phi) is 6.31. The smallest absolute Gasteiger partial charge is 0.303 e. The minimum absolute atomic E-state index is 0.0691. The molecule has 0 aliphatic heterocycles. The minimum atomic E-state index is -0.770. The van der Waals surface area contributed by atoms with Crippen LogP contribution in [0.5, 0.6) is 11.5 Å². The van der Waals surface area contributed by atoms with Crippen LogP contribution in [0.25, 0.3) is 0 Å². The molecule has 20 heavy (non-hydrogen) atoms. The lowest BCUT2D eigenvalue weighted by atomic mass is 10.0. The highest BCUT2D eigenvalue weighted by molar-refractivity contribution is 5.66. The van der Waals surface area contributed by atoms with E-state index in [0.717, 1.165) is 17.1 Å². The quantitative estimate of drug-likeness (QED) is 0.766. The van der Waals surface area contributed by atoms with E-state index in [-0.39, 0.29) is 18.5 Å². The molecule has 0 aromatic heterocycles. The predicted molar refractivity (Wildman–Crippen MR) is 77.4 cm³/mol. The zero-order valence-corrected chi connectivity index (χ0v) is 12.5. The van der Waals surface area contributed by atoms with E-state index in [1.165, 1.54) is 0 Å². The van der Waals surface area contributed by atoms with Crippen molar-refractivity contribution in [2.75, 3.05) is 14.2 Å². The van der Waals surface area contributed by atoms with E-state index in [9.17, 15) is 4.79 Å². The van der Waals surface area contributed by atoms with Crippen molar-refractivity contribution in [3.05, 3.63) is 23.8 Å². The average molecular weight is 281 g/mol. The van der Waals surface area contributed by atoms with E-state index in [0.29, 0.717) is 6.42 Å². The molecule has 0 saturated carbocycles. The Morgan fingerprint density at radius 3 is 2.55 bits per heavy atom. The molecule has 0 radical (unpaired) electrons. The highest BCUT2D eigenvalue weighted by atomic mass is 16.5.